The summed E-state index contributed by atoms with van der Waals surface area (Å²) >= 11 is 0. The van der Waals surface area contributed by atoms with E-state index in [9.17, 15) is 0 Å². The van der Waals surface area contributed by atoms with Gasteiger partial charge in [0.25, 0.3) is 0 Å². The summed E-state index contributed by atoms with van der Waals surface area (Å²) in [5.41, 5.74) is 0. The summed E-state index contributed by atoms with van der Waals surface area (Å²) in [5.74, 6) is 0.807. The van der Waals surface area contributed by atoms with Gasteiger partial charge in [0.2, 0.25) is 0 Å². The summed E-state index contributed by atoms with van der Waals surface area (Å²) in [7, 11) is 0. The number of rotatable bonds is 9. The molecule has 2 nitrogen and oxygen atoms in total. The Balaban J connectivity index is 3.54. The van der Waals surface area contributed by atoms with Gasteiger partial charge >= 0.3 is 0 Å². The monoisotopic (exact) mass is 201 g/mol. The molecule has 0 bridgehead atoms. The fraction of sp³-hybridized carbons (Fsp3) is 1.00. The van der Waals surface area contributed by atoms with Crippen LogP contribution in [0.15, 0.2) is 0 Å². The van der Waals surface area contributed by atoms with Crippen LogP contribution in [0, 0.1) is 5.92 Å². The van der Waals surface area contributed by atoms with Gasteiger partial charge in [-0.25, -0.2) is 0 Å². The second-order valence-electron chi connectivity index (χ2n) is 4.22. The van der Waals surface area contributed by atoms with E-state index in [1.807, 2.05) is 0 Å². The number of hydrogen-bond acceptors (Lipinski definition) is 2. The highest BCUT2D eigenvalue weighted by Crippen LogP contribution is 2.02. The van der Waals surface area contributed by atoms with Gasteiger partial charge in [0.1, 0.15) is 0 Å². The zero-order valence-corrected chi connectivity index (χ0v) is 10.4. The van der Waals surface area contributed by atoms with Crippen LogP contribution in [0.2, 0.25) is 0 Å². The van der Waals surface area contributed by atoms with E-state index in [1.165, 1.54) is 25.9 Å². The first kappa shape index (κ1) is 13.9. The average molecular weight is 201 g/mol. The maximum absolute atomic E-state index is 5.38. The highest BCUT2D eigenvalue weighted by molar-refractivity contribution is 4.58. The van der Waals surface area contributed by atoms with E-state index in [1.54, 1.807) is 0 Å². The third kappa shape index (κ3) is 8.52. The number of hydrogen-bond donors (Lipinski definition) is 0. The average Bonchev–Trinajstić information content (AvgIpc) is 2.14. The highest BCUT2D eigenvalue weighted by Gasteiger charge is 2.04. The smallest absolute Gasteiger partial charge is 0.0593 e. The lowest BCUT2D eigenvalue weighted by atomic mass is 10.1. The summed E-state index contributed by atoms with van der Waals surface area (Å²) in [4.78, 5) is 2.51. The van der Waals surface area contributed by atoms with Crippen LogP contribution in [0.4, 0.5) is 0 Å². The normalized spacial score (nSPS) is 11.6. The molecule has 0 aliphatic heterocycles. The summed E-state index contributed by atoms with van der Waals surface area (Å²) < 4.78 is 5.38. The van der Waals surface area contributed by atoms with E-state index in [4.69, 9.17) is 4.74 Å². The quantitative estimate of drug-likeness (QED) is 0.532. The molecule has 0 rings (SSSR count). The van der Waals surface area contributed by atoms with Crippen molar-refractivity contribution >= 4 is 0 Å². The minimum Gasteiger partial charge on any atom is -0.380 e. The highest BCUT2D eigenvalue weighted by atomic mass is 16.5. The lowest BCUT2D eigenvalue weighted by molar-refractivity contribution is 0.111. The molecule has 0 radical (unpaired) electrons. The summed E-state index contributed by atoms with van der Waals surface area (Å²) in [5, 5.41) is 0. The zero-order valence-electron chi connectivity index (χ0n) is 10.4. The zero-order chi connectivity index (χ0) is 10.8. The molecular formula is C12H27NO. The van der Waals surface area contributed by atoms with E-state index in [0.29, 0.717) is 0 Å². The van der Waals surface area contributed by atoms with Gasteiger partial charge in [-0.1, -0.05) is 20.8 Å². The first-order valence-corrected chi connectivity index (χ1v) is 6.00. The van der Waals surface area contributed by atoms with E-state index in [-0.39, 0.29) is 0 Å². The third-order valence-corrected chi connectivity index (χ3v) is 2.32. The van der Waals surface area contributed by atoms with Crippen LogP contribution in [0.5, 0.6) is 0 Å². The molecule has 0 heterocycles. The van der Waals surface area contributed by atoms with Gasteiger partial charge in [0.05, 0.1) is 6.61 Å². The van der Waals surface area contributed by atoms with Gasteiger partial charge in [-0.05, 0) is 38.8 Å². The Morgan fingerprint density at radius 3 is 2.29 bits per heavy atom. The van der Waals surface area contributed by atoms with Gasteiger partial charge in [0, 0.05) is 13.2 Å². The molecule has 0 aliphatic carbocycles. The Bertz CT molecular complexity index is 115. The van der Waals surface area contributed by atoms with Crippen molar-refractivity contribution in [2.24, 2.45) is 5.92 Å². The van der Waals surface area contributed by atoms with E-state index >= 15 is 0 Å². The van der Waals surface area contributed by atoms with Crippen LogP contribution < -0.4 is 0 Å². The molecule has 86 valence electrons. The Labute approximate surface area is 89.6 Å². The molecule has 0 unspecified atom stereocenters. The van der Waals surface area contributed by atoms with Crippen LogP contribution in [0.3, 0.4) is 0 Å². The molecule has 0 amide bonds. The molecule has 14 heavy (non-hydrogen) atoms. The fourth-order valence-electron chi connectivity index (χ4n) is 1.43. The van der Waals surface area contributed by atoms with E-state index in [2.05, 4.69) is 32.6 Å². The maximum atomic E-state index is 5.38. The van der Waals surface area contributed by atoms with Crippen molar-refractivity contribution in [3.8, 4) is 0 Å². The van der Waals surface area contributed by atoms with Crippen molar-refractivity contribution < 1.29 is 4.74 Å². The van der Waals surface area contributed by atoms with E-state index in [0.717, 1.165) is 25.7 Å². The SMILES string of the molecule is CCCN(CCOCC)CCC(C)C. The van der Waals surface area contributed by atoms with Crippen LogP contribution in [-0.2, 0) is 4.74 Å². The number of nitrogens with zero attached hydrogens (tertiary/aromatic N) is 1. The molecule has 0 saturated heterocycles. The minimum absolute atomic E-state index is 0.807. The Hall–Kier alpha value is -0.0800. The van der Waals surface area contributed by atoms with Crippen LogP contribution >= 0.6 is 0 Å². The standard InChI is InChI=1S/C12H27NO/c1-5-8-13(9-7-12(3)4)10-11-14-6-2/h12H,5-11H2,1-4H3. The van der Waals surface area contributed by atoms with E-state index < -0.39 is 0 Å². The minimum atomic E-state index is 0.807. The largest absolute Gasteiger partial charge is 0.380 e. The molecule has 0 spiro atoms. The Kier molecular flexibility index (Phi) is 9.42. The van der Waals surface area contributed by atoms with Gasteiger partial charge in [-0.2, -0.15) is 0 Å². The molecular weight excluding hydrogens is 174 g/mol. The lowest BCUT2D eigenvalue weighted by Crippen LogP contribution is -2.30. The lowest BCUT2D eigenvalue weighted by Gasteiger charge is -2.22. The molecule has 0 atom stereocenters. The summed E-state index contributed by atoms with van der Waals surface area (Å²) in [6.45, 7) is 14.1. The molecule has 0 saturated carbocycles. The fourth-order valence-corrected chi connectivity index (χ4v) is 1.43. The van der Waals surface area contributed by atoms with Crippen molar-refractivity contribution in [3.05, 3.63) is 0 Å². The van der Waals surface area contributed by atoms with Crippen molar-refractivity contribution in [1.29, 1.82) is 0 Å². The Morgan fingerprint density at radius 2 is 1.79 bits per heavy atom. The van der Waals surface area contributed by atoms with Crippen molar-refractivity contribution in [3.63, 3.8) is 0 Å². The van der Waals surface area contributed by atoms with Crippen LogP contribution in [0.1, 0.15) is 40.5 Å². The summed E-state index contributed by atoms with van der Waals surface area (Å²) in [6, 6.07) is 0. The predicted molar refractivity (Wildman–Crippen MR) is 62.7 cm³/mol. The van der Waals surface area contributed by atoms with Crippen LogP contribution in [-0.4, -0.2) is 37.7 Å². The Morgan fingerprint density at radius 1 is 1.07 bits per heavy atom. The summed E-state index contributed by atoms with van der Waals surface area (Å²) in [6.07, 6.45) is 2.54. The van der Waals surface area contributed by atoms with Gasteiger partial charge in [-0.15, -0.1) is 0 Å². The molecule has 2 heteroatoms. The van der Waals surface area contributed by atoms with Crippen LogP contribution in [0.25, 0.3) is 0 Å². The second-order valence-corrected chi connectivity index (χ2v) is 4.22. The van der Waals surface area contributed by atoms with Gasteiger partial charge in [-0.3, -0.25) is 0 Å². The molecule has 0 N–H and O–H groups in total. The third-order valence-electron chi connectivity index (χ3n) is 2.32. The molecule has 0 aromatic heterocycles. The number of ether oxygens (including phenoxy) is 1. The first-order chi connectivity index (χ1) is 6.70. The molecule has 0 aromatic rings. The molecule has 0 aromatic carbocycles. The topological polar surface area (TPSA) is 12.5 Å². The first-order valence-electron chi connectivity index (χ1n) is 6.00. The molecule has 0 aliphatic rings. The van der Waals surface area contributed by atoms with Crippen molar-refractivity contribution in [2.45, 2.75) is 40.5 Å². The maximum Gasteiger partial charge on any atom is 0.0593 e. The predicted octanol–water partition coefficient (Wildman–Crippen LogP) is 2.78. The van der Waals surface area contributed by atoms with Gasteiger partial charge in [0.15, 0.2) is 0 Å². The van der Waals surface area contributed by atoms with Gasteiger partial charge < -0.3 is 9.64 Å². The second kappa shape index (κ2) is 9.47. The van der Waals surface area contributed by atoms with Crippen molar-refractivity contribution in [2.75, 3.05) is 32.8 Å². The van der Waals surface area contributed by atoms with Crippen molar-refractivity contribution in [1.82, 2.24) is 4.90 Å². The molecule has 0 fully saturated rings.